The van der Waals surface area contributed by atoms with Crippen LogP contribution in [0.1, 0.15) is 17.2 Å². The molecule has 1 aliphatic rings. The lowest BCUT2D eigenvalue weighted by Gasteiger charge is -2.46. The van der Waals surface area contributed by atoms with Gasteiger partial charge in [0, 0.05) is 6.54 Å². The Bertz CT molecular complexity index is 782. The molecule has 25 heavy (non-hydrogen) atoms. The number of carbonyl (C=O) groups is 1. The third kappa shape index (κ3) is 3.13. The Morgan fingerprint density at radius 2 is 1.32 bits per heavy atom. The second-order valence-electron chi connectivity index (χ2n) is 6.16. The van der Waals surface area contributed by atoms with Crippen LogP contribution in [-0.2, 0) is 11.3 Å². The predicted octanol–water partition coefficient (Wildman–Crippen LogP) is 4.22. The Morgan fingerprint density at radius 1 is 0.760 bits per heavy atom. The van der Waals surface area contributed by atoms with E-state index in [1.54, 1.807) is 0 Å². The summed E-state index contributed by atoms with van der Waals surface area (Å²) < 4.78 is 6.01. The second kappa shape index (κ2) is 6.81. The molecule has 0 radical (unpaired) electrons. The summed E-state index contributed by atoms with van der Waals surface area (Å²) in [4.78, 5) is 14.6. The summed E-state index contributed by atoms with van der Waals surface area (Å²) in [7, 11) is 0. The fourth-order valence-electron chi connectivity index (χ4n) is 3.24. The molecule has 1 saturated heterocycles. The highest BCUT2D eigenvalue weighted by molar-refractivity contribution is 5.89. The molecule has 3 aromatic carbocycles. The smallest absolute Gasteiger partial charge is 0.267 e. The zero-order valence-corrected chi connectivity index (χ0v) is 13.8. The number of likely N-dealkylation sites (tertiary alicyclic amines) is 1. The van der Waals surface area contributed by atoms with Gasteiger partial charge in [0.15, 0.2) is 0 Å². The quantitative estimate of drug-likeness (QED) is 0.656. The minimum atomic E-state index is -0.478. The van der Waals surface area contributed by atoms with Crippen LogP contribution >= 0.6 is 0 Å². The van der Waals surface area contributed by atoms with Crippen LogP contribution in [0, 0.1) is 0 Å². The van der Waals surface area contributed by atoms with Crippen LogP contribution in [0.3, 0.4) is 0 Å². The lowest BCUT2D eigenvalue weighted by Crippen LogP contribution is -2.60. The third-order valence-electron chi connectivity index (χ3n) is 4.49. The molecule has 0 N–H and O–H groups in total. The molecule has 0 saturated carbocycles. The van der Waals surface area contributed by atoms with Crippen LogP contribution in [-0.4, -0.2) is 16.9 Å². The van der Waals surface area contributed by atoms with Crippen molar-refractivity contribution in [3.63, 3.8) is 0 Å². The Morgan fingerprint density at radius 3 is 1.96 bits per heavy atom. The Balaban J connectivity index is 1.60. The van der Waals surface area contributed by atoms with Crippen molar-refractivity contribution in [1.29, 1.82) is 0 Å². The van der Waals surface area contributed by atoms with E-state index in [-0.39, 0.29) is 11.9 Å². The van der Waals surface area contributed by atoms with E-state index in [9.17, 15) is 4.79 Å². The number of carbonyl (C=O) groups excluding carboxylic acids is 1. The first kappa shape index (κ1) is 15.5. The van der Waals surface area contributed by atoms with E-state index in [0.717, 1.165) is 16.9 Å². The molecule has 1 fully saturated rings. The molecule has 1 amide bonds. The topological polar surface area (TPSA) is 29.5 Å². The van der Waals surface area contributed by atoms with Crippen LogP contribution in [0.5, 0.6) is 5.75 Å². The van der Waals surface area contributed by atoms with E-state index in [2.05, 4.69) is 12.1 Å². The molecule has 3 aromatic rings. The molecule has 124 valence electrons. The van der Waals surface area contributed by atoms with Crippen molar-refractivity contribution in [2.45, 2.75) is 18.7 Å². The molecule has 3 heteroatoms. The van der Waals surface area contributed by atoms with Gasteiger partial charge in [0.05, 0.1) is 0 Å². The summed E-state index contributed by atoms with van der Waals surface area (Å²) in [6.45, 7) is 0.591. The second-order valence-corrected chi connectivity index (χ2v) is 6.16. The van der Waals surface area contributed by atoms with Gasteiger partial charge in [-0.1, -0.05) is 78.9 Å². The number of benzene rings is 3. The summed E-state index contributed by atoms with van der Waals surface area (Å²) in [5, 5.41) is 0. The monoisotopic (exact) mass is 329 g/mol. The first-order valence-electron chi connectivity index (χ1n) is 8.44. The molecule has 0 spiro atoms. The molecule has 0 bridgehead atoms. The minimum absolute atomic E-state index is 0.0292. The number of amides is 1. The lowest BCUT2D eigenvalue weighted by atomic mass is 9.90. The van der Waals surface area contributed by atoms with E-state index >= 15 is 0 Å². The number of nitrogens with zero attached hydrogens (tertiary/aromatic N) is 1. The summed E-state index contributed by atoms with van der Waals surface area (Å²) in [6, 6.07) is 29.6. The van der Waals surface area contributed by atoms with Crippen LogP contribution in [0.25, 0.3) is 0 Å². The van der Waals surface area contributed by atoms with E-state index in [1.807, 2.05) is 83.8 Å². The predicted molar refractivity (Wildman–Crippen MR) is 97.0 cm³/mol. The van der Waals surface area contributed by atoms with Gasteiger partial charge in [0.25, 0.3) is 5.91 Å². The maximum Gasteiger partial charge on any atom is 0.267 e. The fraction of sp³-hybridized carbons (Fsp3) is 0.136. The standard InChI is InChI=1S/C22H19NO2/c24-22-21(25-19-14-8-3-9-15-19)20(18-12-6-2-7-13-18)23(22)16-17-10-4-1-5-11-17/h1-15,20-21H,16H2/t20-,21+/m0/s1. The molecule has 0 aromatic heterocycles. The average Bonchev–Trinajstić information content (AvgIpc) is 2.69. The number of para-hydroxylation sites is 1. The van der Waals surface area contributed by atoms with Crippen LogP contribution in [0.2, 0.25) is 0 Å². The Labute approximate surface area is 147 Å². The molecule has 1 heterocycles. The molecule has 1 aliphatic heterocycles. The summed E-state index contributed by atoms with van der Waals surface area (Å²) >= 11 is 0. The number of hydrogen-bond donors (Lipinski definition) is 0. The van der Waals surface area contributed by atoms with E-state index in [0.29, 0.717) is 6.54 Å². The van der Waals surface area contributed by atoms with E-state index < -0.39 is 6.10 Å². The van der Waals surface area contributed by atoms with Crippen molar-refractivity contribution >= 4 is 5.91 Å². The largest absolute Gasteiger partial charge is 0.478 e. The maximum absolute atomic E-state index is 12.8. The van der Waals surface area contributed by atoms with Gasteiger partial charge in [-0.25, -0.2) is 0 Å². The number of rotatable bonds is 5. The highest BCUT2D eigenvalue weighted by Gasteiger charge is 2.49. The molecule has 4 rings (SSSR count). The van der Waals surface area contributed by atoms with Crippen molar-refractivity contribution in [2.75, 3.05) is 0 Å². The van der Waals surface area contributed by atoms with Gasteiger partial charge in [0.1, 0.15) is 11.8 Å². The van der Waals surface area contributed by atoms with Crippen molar-refractivity contribution < 1.29 is 9.53 Å². The van der Waals surface area contributed by atoms with Crippen molar-refractivity contribution in [3.8, 4) is 5.75 Å². The molecule has 0 unspecified atom stereocenters. The van der Waals surface area contributed by atoms with Gasteiger partial charge in [-0.3, -0.25) is 4.79 Å². The summed E-state index contributed by atoms with van der Waals surface area (Å²) in [5.41, 5.74) is 2.22. The van der Waals surface area contributed by atoms with Gasteiger partial charge in [-0.15, -0.1) is 0 Å². The van der Waals surface area contributed by atoms with Gasteiger partial charge in [-0.05, 0) is 23.3 Å². The number of hydrogen-bond acceptors (Lipinski definition) is 2. The van der Waals surface area contributed by atoms with Crippen LogP contribution < -0.4 is 4.74 Å². The normalized spacial score (nSPS) is 19.4. The zero-order valence-electron chi connectivity index (χ0n) is 13.8. The molecular weight excluding hydrogens is 310 g/mol. The zero-order chi connectivity index (χ0) is 17.1. The summed E-state index contributed by atoms with van der Waals surface area (Å²) in [6.07, 6.45) is -0.478. The molecule has 3 nitrogen and oxygen atoms in total. The minimum Gasteiger partial charge on any atom is -0.478 e. The lowest BCUT2D eigenvalue weighted by molar-refractivity contribution is -0.165. The van der Waals surface area contributed by atoms with Crippen LogP contribution in [0.15, 0.2) is 91.0 Å². The van der Waals surface area contributed by atoms with E-state index in [1.165, 1.54) is 0 Å². The first-order valence-corrected chi connectivity index (χ1v) is 8.44. The van der Waals surface area contributed by atoms with Gasteiger partial charge in [0.2, 0.25) is 6.10 Å². The first-order chi connectivity index (χ1) is 12.3. The molecular formula is C22H19NO2. The van der Waals surface area contributed by atoms with Crippen LogP contribution in [0.4, 0.5) is 0 Å². The van der Waals surface area contributed by atoms with Gasteiger partial charge >= 0.3 is 0 Å². The highest BCUT2D eigenvalue weighted by atomic mass is 16.5. The van der Waals surface area contributed by atoms with Crippen molar-refractivity contribution in [3.05, 3.63) is 102 Å². The fourth-order valence-corrected chi connectivity index (χ4v) is 3.24. The molecule has 2 atom stereocenters. The SMILES string of the molecule is O=C1[C@H](Oc2ccccc2)[C@H](c2ccccc2)N1Cc1ccccc1. The van der Waals surface area contributed by atoms with Crippen molar-refractivity contribution in [2.24, 2.45) is 0 Å². The average molecular weight is 329 g/mol. The summed E-state index contributed by atoms with van der Waals surface area (Å²) in [5.74, 6) is 0.753. The Kier molecular flexibility index (Phi) is 4.21. The Hall–Kier alpha value is -3.07. The highest BCUT2D eigenvalue weighted by Crippen LogP contribution is 2.38. The maximum atomic E-state index is 12.8. The van der Waals surface area contributed by atoms with Crippen molar-refractivity contribution in [1.82, 2.24) is 4.90 Å². The van der Waals surface area contributed by atoms with Gasteiger partial charge in [-0.2, -0.15) is 0 Å². The van der Waals surface area contributed by atoms with Gasteiger partial charge < -0.3 is 9.64 Å². The number of β-lactam (4-membered cyclic amide) rings is 1. The third-order valence-corrected chi connectivity index (χ3v) is 4.49. The van der Waals surface area contributed by atoms with E-state index in [4.69, 9.17) is 4.74 Å². The molecule has 0 aliphatic carbocycles. The number of ether oxygens (including phenoxy) is 1.